The Morgan fingerprint density at radius 2 is 2.12 bits per heavy atom. The molecule has 0 saturated carbocycles. The molecule has 1 fully saturated rings. The van der Waals surface area contributed by atoms with Gasteiger partial charge in [0.05, 0.1) is 0 Å². The number of nitrogen functional groups attached to an aromatic ring is 1. The maximum atomic E-state index is 5.75. The molecule has 88 valence electrons. The lowest BCUT2D eigenvalue weighted by Gasteiger charge is -2.22. The van der Waals surface area contributed by atoms with Crippen molar-refractivity contribution in [2.24, 2.45) is 0 Å². The van der Waals surface area contributed by atoms with Gasteiger partial charge in [-0.15, -0.1) is 0 Å². The zero-order valence-corrected chi connectivity index (χ0v) is 9.95. The van der Waals surface area contributed by atoms with Gasteiger partial charge in [-0.2, -0.15) is 0 Å². The third-order valence-electron chi connectivity index (χ3n) is 3.03. The van der Waals surface area contributed by atoms with Gasteiger partial charge >= 0.3 is 0 Å². The molecule has 3 N–H and O–H groups in total. The van der Waals surface area contributed by atoms with Crippen molar-refractivity contribution in [2.45, 2.75) is 25.8 Å². The third kappa shape index (κ3) is 3.14. The van der Waals surface area contributed by atoms with E-state index in [-0.39, 0.29) is 0 Å². The standard InChI is InChI=1S/C13H21N3/c1-11(10-16-7-2-3-8-16)15-13-6-4-5-12(14)9-13/h4-6,9,11,15H,2-3,7-8,10,14H2,1H3. The molecule has 1 unspecified atom stereocenters. The van der Waals surface area contributed by atoms with Gasteiger partial charge < -0.3 is 16.0 Å². The minimum Gasteiger partial charge on any atom is -0.399 e. The molecule has 0 radical (unpaired) electrons. The molecule has 1 heterocycles. The van der Waals surface area contributed by atoms with E-state index in [0.717, 1.165) is 17.9 Å². The van der Waals surface area contributed by atoms with Gasteiger partial charge in [0.1, 0.15) is 0 Å². The van der Waals surface area contributed by atoms with Gasteiger partial charge in [0.2, 0.25) is 0 Å². The molecule has 1 aromatic carbocycles. The van der Waals surface area contributed by atoms with E-state index in [1.807, 2.05) is 18.2 Å². The van der Waals surface area contributed by atoms with Crippen LogP contribution in [-0.2, 0) is 0 Å². The van der Waals surface area contributed by atoms with E-state index < -0.39 is 0 Å². The van der Waals surface area contributed by atoms with Crippen LogP contribution in [0.2, 0.25) is 0 Å². The van der Waals surface area contributed by atoms with Crippen molar-refractivity contribution in [1.29, 1.82) is 0 Å². The molecule has 1 aliphatic rings. The molecule has 0 bridgehead atoms. The lowest BCUT2D eigenvalue weighted by Crippen LogP contribution is -2.32. The Morgan fingerprint density at radius 1 is 1.38 bits per heavy atom. The van der Waals surface area contributed by atoms with Crippen LogP contribution in [-0.4, -0.2) is 30.6 Å². The van der Waals surface area contributed by atoms with Crippen molar-refractivity contribution < 1.29 is 0 Å². The van der Waals surface area contributed by atoms with Crippen LogP contribution >= 0.6 is 0 Å². The number of hydrogen-bond donors (Lipinski definition) is 2. The summed E-state index contributed by atoms with van der Waals surface area (Å²) in [5.41, 5.74) is 7.68. The SMILES string of the molecule is CC(CN1CCCC1)Nc1cccc(N)c1. The summed E-state index contributed by atoms with van der Waals surface area (Å²) in [6.07, 6.45) is 2.70. The molecular formula is C13H21N3. The second-order valence-corrected chi connectivity index (χ2v) is 4.68. The zero-order valence-electron chi connectivity index (χ0n) is 9.95. The van der Waals surface area contributed by atoms with Gasteiger partial charge in [-0.3, -0.25) is 0 Å². The second-order valence-electron chi connectivity index (χ2n) is 4.68. The van der Waals surface area contributed by atoms with Crippen LogP contribution in [0.15, 0.2) is 24.3 Å². The molecule has 0 spiro atoms. The highest BCUT2D eigenvalue weighted by atomic mass is 15.2. The smallest absolute Gasteiger partial charge is 0.0363 e. The summed E-state index contributed by atoms with van der Waals surface area (Å²) in [4.78, 5) is 2.52. The highest BCUT2D eigenvalue weighted by Gasteiger charge is 2.14. The van der Waals surface area contributed by atoms with Crippen LogP contribution in [0.25, 0.3) is 0 Å². The average molecular weight is 219 g/mol. The largest absolute Gasteiger partial charge is 0.399 e. The molecule has 3 nitrogen and oxygen atoms in total. The predicted octanol–water partition coefficient (Wildman–Crippen LogP) is 2.17. The topological polar surface area (TPSA) is 41.3 Å². The summed E-state index contributed by atoms with van der Waals surface area (Å²) in [5.74, 6) is 0. The minimum absolute atomic E-state index is 0.472. The van der Waals surface area contributed by atoms with Gasteiger partial charge in [0, 0.05) is 24.0 Å². The predicted molar refractivity (Wildman–Crippen MR) is 69.6 cm³/mol. The molecule has 1 aromatic rings. The molecule has 16 heavy (non-hydrogen) atoms. The normalized spacial score (nSPS) is 18.6. The molecule has 1 atom stereocenters. The quantitative estimate of drug-likeness (QED) is 0.763. The van der Waals surface area contributed by atoms with Crippen molar-refractivity contribution >= 4 is 11.4 Å². The number of anilines is 2. The van der Waals surface area contributed by atoms with Crippen molar-refractivity contribution in [3.8, 4) is 0 Å². The van der Waals surface area contributed by atoms with Gasteiger partial charge in [-0.05, 0) is 51.1 Å². The molecule has 2 rings (SSSR count). The minimum atomic E-state index is 0.472. The first-order valence-electron chi connectivity index (χ1n) is 6.08. The van der Waals surface area contributed by atoms with E-state index >= 15 is 0 Å². The van der Waals surface area contributed by atoms with E-state index in [4.69, 9.17) is 5.73 Å². The lowest BCUT2D eigenvalue weighted by atomic mass is 10.2. The van der Waals surface area contributed by atoms with Gasteiger partial charge in [0.25, 0.3) is 0 Å². The van der Waals surface area contributed by atoms with Crippen molar-refractivity contribution in [2.75, 3.05) is 30.7 Å². The fourth-order valence-electron chi connectivity index (χ4n) is 2.31. The number of rotatable bonds is 4. The number of nitrogens with zero attached hydrogens (tertiary/aromatic N) is 1. The molecule has 0 amide bonds. The summed E-state index contributed by atoms with van der Waals surface area (Å²) < 4.78 is 0. The van der Waals surface area contributed by atoms with E-state index in [0.29, 0.717) is 6.04 Å². The lowest BCUT2D eigenvalue weighted by molar-refractivity contribution is 0.328. The van der Waals surface area contributed by atoms with Gasteiger partial charge in [-0.1, -0.05) is 6.07 Å². The van der Waals surface area contributed by atoms with Crippen molar-refractivity contribution in [1.82, 2.24) is 4.90 Å². The first kappa shape index (κ1) is 11.3. The van der Waals surface area contributed by atoms with Crippen LogP contribution in [0, 0.1) is 0 Å². The van der Waals surface area contributed by atoms with Crippen LogP contribution in [0.5, 0.6) is 0 Å². The first-order chi connectivity index (χ1) is 7.74. The average Bonchev–Trinajstić information content (AvgIpc) is 2.70. The molecular weight excluding hydrogens is 198 g/mol. The highest BCUT2D eigenvalue weighted by Crippen LogP contribution is 2.14. The molecule has 1 aliphatic heterocycles. The summed E-state index contributed by atoms with van der Waals surface area (Å²) >= 11 is 0. The molecule has 3 heteroatoms. The van der Waals surface area contributed by atoms with Crippen LogP contribution in [0.3, 0.4) is 0 Å². The van der Waals surface area contributed by atoms with Gasteiger partial charge in [-0.25, -0.2) is 0 Å². The van der Waals surface area contributed by atoms with Crippen LogP contribution in [0.1, 0.15) is 19.8 Å². The summed E-state index contributed by atoms with van der Waals surface area (Å²) in [6.45, 7) is 5.85. The number of likely N-dealkylation sites (tertiary alicyclic amines) is 1. The van der Waals surface area contributed by atoms with Crippen molar-refractivity contribution in [3.63, 3.8) is 0 Å². The number of nitrogens with two attached hydrogens (primary N) is 1. The fourth-order valence-corrected chi connectivity index (χ4v) is 2.31. The summed E-state index contributed by atoms with van der Waals surface area (Å²) in [6, 6.07) is 8.42. The monoisotopic (exact) mass is 219 g/mol. The first-order valence-corrected chi connectivity index (χ1v) is 6.08. The Hall–Kier alpha value is -1.22. The van der Waals surface area contributed by atoms with E-state index in [2.05, 4.69) is 23.2 Å². The zero-order chi connectivity index (χ0) is 11.4. The van der Waals surface area contributed by atoms with Crippen LogP contribution < -0.4 is 11.1 Å². The number of hydrogen-bond acceptors (Lipinski definition) is 3. The second kappa shape index (κ2) is 5.21. The Kier molecular flexibility index (Phi) is 3.67. The summed E-state index contributed by atoms with van der Waals surface area (Å²) in [7, 11) is 0. The van der Waals surface area contributed by atoms with E-state index in [9.17, 15) is 0 Å². The Bertz CT molecular complexity index is 332. The van der Waals surface area contributed by atoms with E-state index in [1.54, 1.807) is 0 Å². The third-order valence-corrected chi connectivity index (χ3v) is 3.03. The molecule has 0 aliphatic carbocycles. The Morgan fingerprint density at radius 3 is 2.81 bits per heavy atom. The maximum Gasteiger partial charge on any atom is 0.0363 e. The number of benzene rings is 1. The Labute approximate surface area is 97.6 Å². The highest BCUT2D eigenvalue weighted by molar-refractivity contribution is 5.54. The molecule has 1 saturated heterocycles. The number of nitrogens with one attached hydrogen (secondary N) is 1. The Balaban J connectivity index is 1.84. The summed E-state index contributed by atoms with van der Waals surface area (Å²) in [5, 5.41) is 3.49. The maximum absolute atomic E-state index is 5.75. The fraction of sp³-hybridized carbons (Fsp3) is 0.538. The van der Waals surface area contributed by atoms with Gasteiger partial charge in [0.15, 0.2) is 0 Å². The van der Waals surface area contributed by atoms with E-state index in [1.165, 1.54) is 25.9 Å². The molecule has 0 aromatic heterocycles. The van der Waals surface area contributed by atoms with Crippen molar-refractivity contribution in [3.05, 3.63) is 24.3 Å². The van der Waals surface area contributed by atoms with Crippen LogP contribution in [0.4, 0.5) is 11.4 Å².